The molecule has 0 aromatic carbocycles. The van der Waals surface area contributed by atoms with Crippen LogP contribution in [0, 0.1) is 0 Å². The highest BCUT2D eigenvalue weighted by atomic mass is 79.9. The summed E-state index contributed by atoms with van der Waals surface area (Å²) >= 11 is 3.31. The van der Waals surface area contributed by atoms with E-state index in [9.17, 15) is 4.79 Å². The van der Waals surface area contributed by atoms with Gasteiger partial charge in [0.05, 0.1) is 5.60 Å². The van der Waals surface area contributed by atoms with Crippen molar-refractivity contribution < 1.29 is 14.6 Å². The molecule has 1 fully saturated rings. The van der Waals surface area contributed by atoms with Crippen molar-refractivity contribution in [2.75, 3.05) is 19.7 Å². The van der Waals surface area contributed by atoms with E-state index in [2.05, 4.69) is 26.2 Å². The van der Waals surface area contributed by atoms with E-state index in [1.807, 2.05) is 12.1 Å². The molecule has 2 rings (SSSR count). The molecule has 2 N–H and O–H groups in total. The zero-order valence-electron chi connectivity index (χ0n) is 10.6. The third-order valence-electron chi connectivity index (χ3n) is 3.37. The van der Waals surface area contributed by atoms with E-state index in [0.717, 1.165) is 42.5 Å². The largest absolute Gasteiger partial charge is 0.480 e. The highest BCUT2D eigenvalue weighted by molar-refractivity contribution is 9.10. The molecule has 104 valence electrons. The van der Waals surface area contributed by atoms with Crippen molar-refractivity contribution in [2.24, 2.45) is 0 Å². The summed E-state index contributed by atoms with van der Waals surface area (Å²) in [7, 11) is 0. The molecule has 1 atom stereocenters. The van der Waals surface area contributed by atoms with Gasteiger partial charge in [-0.15, -0.1) is 0 Å². The van der Waals surface area contributed by atoms with Crippen LogP contribution in [0.5, 0.6) is 0 Å². The first-order chi connectivity index (χ1) is 9.12. The number of aromatic nitrogens is 1. The Morgan fingerprint density at radius 3 is 3.00 bits per heavy atom. The normalized spacial score (nSPS) is 23.8. The van der Waals surface area contributed by atoms with Gasteiger partial charge in [-0.3, -0.25) is 0 Å². The maximum absolute atomic E-state index is 10.8. The summed E-state index contributed by atoms with van der Waals surface area (Å²) in [6.45, 7) is 1.47. The van der Waals surface area contributed by atoms with Gasteiger partial charge in [-0.1, -0.05) is 6.07 Å². The van der Waals surface area contributed by atoms with Gasteiger partial charge in [-0.2, -0.15) is 0 Å². The van der Waals surface area contributed by atoms with Crippen molar-refractivity contribution in [3.8, 4) is 0 Å². The molecule has 1 aromatic rings. The molecule has 2 heterocycles. The van der Waals surface area contributed by atoms with E-state index in [-0.39, 0.29) is 6.61 Å². The number of carboxylic acids is 1. The Morgan fingerprint density at radius 2 is 2.32 bits per heavy atom. The quantitative estimate of drug-likeness (QED) is 0.826. The molecule has 0 radical (unpaired) electrons. The highest BCUT2D eigenvalue weighted by Crippen LogP contribution is 2.35. The Hall–Kier alpha value is -0.980. The smallest absolute Gasteiger partial charge is 0.329 e. The summed E-state index contributed by atoms with van der Waals surface area (Å²) in [5, 5.41) is 12.2. The maximum Gasteiger partial charge on any atom is 0.329 e. The lowest BCUT2D eigenvalue weighted by Gasteiger charge is -2.32. The molecule has 1 unspecified atom stereocenters. The predicted octanol–water partition coefficient (Wildman–Crippen LogP) is 1.91. The van der Waals surface area contributed by atoms with Gasteiger partial charge in [-0.25, -0.2) is 9.78 Å². The maximum atomic E-state index is 10.8. The second-order valence-electron chi connectivity index (χ2n) is 4.65. The molecule has 0 saturated carbocycles. The van der Waals surface area contributed by atoms with E-state index in [0.29, 0.717) is 0 Å². The van der Waals surface area contributed by atoms with Gasteiger partial charge >= 0.3 is 5.97 Å². The van der Waals surface area contributed by atoms with Crippen molar-refractivity contribution in [3.63, 3.8) is 0 Å². The van der Waals surface area contributed by atoms with Crippen LogP contribution in [-0.2, 0) is 15.1 Å². The van der Waals surface area contributed by atoms with Crippen LogP contribution in [0.15, 0.2) is 22.9 Å². The fourth-order valence-corrected chi connectivity index (χ4v) is 2.64. The molecule has 6 heteroatoms. The summed E-state index contributed by atoms with van der Waals surface area (Å²) in [6.07, 6.45) is 4.27. The number of carboxylic acid groups (broad SMARTS) is 1. The van der Waals surface area contributed by atoms with Crippen molar-refractivity contribution >= 4 is 21.9 Å². The number of pyridine rings is 1. The number of rotatable bonds is 4. The Labute approximate surface area is 120 Å². The zero-order chi connectivity index (χ0) is 13.7. The molecule has 1 aliphatic rings. The average Bonchev–Trinajstić information content (AvgIpc) is 2.64. The summed E-state index contributed by atoms with van der Waals surface area (Å²) in [5.41, 5.74) is 0.399. The van der Waals surface area contributed by atoms with Gasteiger partial charge in [0.15, 0.2) is 0 Å². The van der Waals surface area contributed by atoms with E-state index in [1.54, 1.807) is 6.20 Å². The highest BCUT2D eigenvalue weighted by Gasteiger charge is 2.34. The summed E-state index contributed by atoms with van der Waals surface area (Å²) in [5.74, 6) is -0.943. The first-order valence-corrected chi connectivity index (χ1v) is 7.10. The third-order valence-corrected chi connectivity index (χ3v) is 3.83. The standard InChI is InChI=1S/C13H17BrN2O3/c14-11-3-2-10(8-16-11)13(19-9-12(17)18)4-1-6-15-7-5-13/h2-3,8,15H,1,4-7,9H2,(H,17,18). The van der Waals surface area contributed by atoms with Crippen LogP contribution in [0.1, 0.15) is 24.8 Å². The van der Waals surface area contributed by atoms with Crippen LogP contribution in [-0.4, -0.2) is 35.8 Å². The minimum atomic E-state index is -0.943. The van der Waals surface area contributed by atoms with Crippen molar-refractivity contribution in [1.29, 1.82) is 0 Å². The number of hydrogen-bond donors (Lipinski definition) is 2. The number of ether oxygens (including phenoxy) is 1. The molecular formula is C13H17BrN2O3. The number of nitrogens with one attached hydrogen (secondary N) is 1. The van der Waals surface area contributed by atoms with E-state index >= 15 is 0 Å². The van der Waals surface area contributed by atoms with Gasteiger partial charge in [0.25, 0.3) is 0 Å². The van der Waals surface area contributed by atoms with Crippen molar-refractivity contribution in [3.05, 3.63) is 28.5 Å². The number of halogens is 1. The van der Waals surface area contributed by atoms with Crippen LogP contribution in [0.4, 0.5) is 0 Å². The van der Waals surface area contributed by atoms with Crippen LogP contribution >= 0.6 is 15.9 Å². The first kappa shape index (κ1) is 14.4. The number of aliphatic carboxylic acids is 1. The first-order valence-electron chi connectivity index (χ1n) is 6.31. The van der Waals surface area contributed by atoms with Gasteiger partial charge < -0.3 is 15.2 Å². The summed E-state index contributed by atoms with van der Waals surface area (Å²) in [4.78, 5) is 15.0. The van der Waals surface area contributed by atoms with Crippen molar-refractivity contribution in [2.45, 2.75) is 24.9 Å². The molecule has 1 saturated heterocycles. The molecule has 19 heavy (non-hydrogen) atoms. The lowest BCUT2D eigenvalue weighted by Crippen LogP contribution is -2.33. The van der Waals surface area contributed by atoms with E-state index in [1.165, 1.54) is 0 Å². The van der Waals surface area contributed by atoms with Crippen LogP contribution < -0.4 is 5.32 Å². The average molecular weight is 329 g/mol. The fraction of sp³-hybridized carbons (Fsp3) is 0.538. The van der Waals surface area contributed by atoms with Crippen LogP contribution in [0.25, 0.3) is 0 Å². The fourth-order valence-electron chi connectivity index (χ4n) is 2.40. The summed E-state index contributed by atoms with van der Waals surface area (Å²) < 4.78 is 6.50. The van der Waals surface area contributed by atoms with Gasteiger partial charge in [0.2, 0.25) is 0 Å². The van der Waals surface area contributed by atoms with E-state index in [4.69, 9.17) is 9.84 Å². The third kappa shape index (κ3) is 3.75. The Balaban J connectivity index is 2.25. The lowest BCUT2D eigenvalue weighted by atomic mass is 9.87. The Bertz CT molecular complexity index is 428. The summed E-state index contributed by atoms with van der Waals surface area (Å²) in [6, 6.07) is 3.81. The molecule has 1 aromatic heterocycles. The van der Waals surface area contributed by atoms with Gasteiger partial charge in [0.1, 0.15) is 11.2 Å². The minimum Gasteiger partial charge on any atom is -0.480 e. The molecule has 0 spiro atoms. The number of carbonyl (C=O) groups is 1. The van der Waals surface area contributed by atoms with Gasteiger partial charge in [-0.05, 0) is 54.3 Å². The lowest BCUT2D eigenvalue weighted by molar-refractivity contribution is -0.151. The number of nitrogens with zero attached hydrogens (tertiary/aromatic N) is 1. The second kappa shape index (κ2) is 6.45. The molecule has 5 nitrogen and oxygen atoms in total. The molecule has 0 bridgehead atoms. The SMILES string of the molecule is O=C(O)COC1(c2ccc(Br)nc2)CCCNCC1. The predicted molar refractivity (Wildman–Crippen MR) is 73.9 cm³/mol. The van der Waals surface area contributed by atoms with E-state index < -0.39 is 11.6 Å². The molecule has 0 aliphatic carbocycles. The van der Waals surface area contributed by atoms with Crippen LogP contribution in [0.3, 0.4) is 0 Å². The molecule has 0 amide bonds. The minimum absolute atomic E-state index is 0.282. The number of hydrogen-bond acceptors (Lipinski definition) is 4. The molecule has 1 aliphatic heterocycles. The zero-order valence-corrected chi connectivity index (χ0v) is 12.1. The Morgan fingerprint density at radius 1 is 1.47 bits per heavy atom. The van der Waals surface area contributed by atoms with Crippen LogP contribution in [0.2, 0.25) is 0 Å². The topological polar surface area (TPSA) is 71.5 Å². The second-order valence-corrected chi connectivity index (χ2v) is 5.46. The molecular weight excluding hydrogens is 312 g/mol. The monoisotopic (exact) mass is 328 g/mol. The van der Waals surface area contributed by atoms with Crippen molar-refractivity contribution in [1.82, 2.24) is 10.3 Å². The van der Waals surface area contributed by atoms with Gasteiger partial charge in [0, 0.05) is 11.8 Å². The Kier molecular flexibility index (Phi) is 4.90.